The fourth-order valence-corrected chi connectivity index (χ4v) is 3.31. The lowest BCUT2D eigenvalue weighted by Crippen LogP contribution is -2.47. The van der Waals surface area contributed by atoms with Crippen LogP contribution in [-0.2, 0) is 17.3 Å². The summed E-state index contributed by atoms with van der Waals surface area (Å²) in [5.41, 5.74) is -0.168. The fourth-order valence-electron chi connectivity index (χ4n) is 3.31. The van der Waals surface area contributed by atoms with Gasteiger partial charge in [0.1, 0.15) is 17.8 Å². The minimum atomic E-state index is -3.63. The van der Waals surface area contributed by atoms with E-state index >= 15 is 0 Å². The molecule has 2 aromatic heterocycles. The summed E-state index contributed by atoms with van der Waals surface area (Å²) in [6.07, 6.45) is 4.37. The smallest absolute Gasteiger partial charge is 0.336 e. The van der Waals surface area contributed by atoms with Gasteiger partial charge in [-0.05, 0) is 38.3 Å². The van der Waals surface area contributed by atoms with Crippen molar-refractivity contribution in [3.8, 4) is 0 Å². The van der Waals surface area contributed by atoms with Gasteiger partial charge in [0, 0.05) is 31.7 Å². The number of piperidine rings is 1. The number of carbonyl (C=O) groups is 1. The average molecular weight is 349 g/mol. The molecule has 0 radical (unpaired) electrons. The summed E-state index contributed by atoms with van der Waals surface area (Å²) < 4.78 is 31.3. The molecule has 0 bridgehead atoms. The molecular weight excluding hydrogens is 328 g/mol. The summed E-state index contributed by atoms with van der Waals surface area (Å²) in [6.45, 7) is 4.75. The Morgan fingerprint density at radius 3 is 2.96 bits per heavy atom. The van der Waals surface area contributed by atoms with E-state index in [9.17, 15) is 13.6 Å². The van der Waals surface area contributed by atoms with Crippen molar-refractivity contribution in [1.82, 2.24) is 24.6 Å². The Labute approximate surface area is 144 Å². The van der Waals surface area contributed by atoms with Crippen molar-refractivity contribution in [3.63, 3.8) is 0 Å². The Bertz CT molecular complexity index is 761. The van der Waals surface area contributed by atoms with Gasteiger partial charge in [0.25, 0.3) is 5.91 Å². The second-order valence-electron chi connectivity index (χ2n) is 6.31. The van der Waals surface area contributed by atoms with Crippen LogP contribution in [0, 0.1) is 6.92 Å². The summed E-state index contributed by atoms with van der Waals surface area (Å²) in [4.78, 5) is 17.5. The number of carbonyl (C=O) groups excluding carboxylic acids is 1. The van der Waals surface area contributed by atoms with Gasteiger partial charge in [-0.2, -0.15) is 8.78 Å². The predicted octanol–water partition coefficient (Wildman–Crippen LogP) is 2.50. The molecule has 25 heavy (non-hydrogen) atoms. The molecule has 0 N–H and O–H groups in total. The highest BCUT2D eigenvalue weighted by atomic mass is 19.3. The molecular formula is C17H21F2N5O. The van der Waals surface area contributed by atoms with Crippen LogP contribution in [0.5, 0.6) is 0 Å². The van der Waals surface area contributed by atoms with Crippen LogP contribution in [-0.4, -0.2) is 43.6 Å². The molecule has 0 aromatic carbocycles. The summed E-state index contributed by atoms with van der Waals surface area (Å²) >= 11 is 0. The van der Waals surface area contributed by atoms with E-state index in [-0.39, 0.29) is 12.5 Å². The van der Waals surface area contributed by atoms with E-state index in [0.717, 1.165) is 12.2 Å². The SMILES string of the molecule is CCn1cnnc1C1CCCN(C(=O)C(F)(F)c2ncccc2C)C1. The van der Waals surface area contributed by atoms with Crippen LogP contribution in [0.25, 0.3) is 0 Å². The van der Waals surface area contributed by atoms with Gasteiger partial charge in [-0.3, -0.25) is 9.78 Å². The molecule has 6 nitrogen and oxygen atoms in total. The van der Waals surface area contributed by atoms with E-state index in [2.05, 4.69) is 15.2 Å². The third-order valence-corrected chi connectivity index (χ3v) is 4.64. The monoisotopic (exact) mass is 349 g/mol. The van der Waals surface area contributed by atoms with Crippen molar-refractivity contribution in [2.45, 2.75) is 45.1 Å². The van der Waals surface area contributed by atoms with Crippen molar-refractivity contribution in [2.24, 2.45) is 0 Å². The first-order chi connectivity index (χ1) is 11.9. The summed E-state index contributed by atoms with van der Waals surface area (Å²) in [5, 5.41) is 8.01. The molecule has 1 fully saturated rings. The molecule has 134 valence electrons. The molecule has 1 saturated heterocycles. The number of alkyl halides is 2. The van der Waals surface area contributed by atoms with E-state index in [4.69, 9.17) is 0 Å². The highest BCUT2D eigenvalue weighted by Crippen LogP contribution is 2.34. The molecule has 1 atom stereocenters. The number of hydrogen-bond donors (Lipinski definition) is 0. The van der Waals surface area contributed by atoms with Gasteiger partial charge in [-0.15, -0.1) is 10.2 Å². The number of likely N-dealkylation sites (tertiary alicyclic amines) is 1. The Morgan fingerprint density at radius 2 is 2.24 bits per heavy atom. The second-order valence-corrected chi connectivity index (χ2v) is 6.31. The topological polar surface area (TPSA) is 63.9 Å². The van der Waals surface area contributed by atoms with Gasteiger partial charge in [0.15, 0.2) is 0 Å². The molecule has 8 heteroatoms. The molecule has 1 amide bonds. The molecule has 1 aliphatic heterocycles. The molecule has 1 unspecified atom stereocenters. The number of hydrogen-bond acceptors (Lipinski definition) is 4. The van der Waals surface area contributed by atoms with Gasteiger partial charge >= 0.3 is 5.92 Å². The molecule has 0 aliphatic carbocycles. The standard InChI is InChI=1S/C17H21F2N5O/c1-3-23-11-21-22-15(23)13-7-5-9-24(10-13)16(25)17(18,19)14-12(2)6-4-8-20-14/h4,6,8,11,13H,3,5,7,9-10H2,1-2H3. The Morgan fingerprint density at radius 1 is 1.44 bits per heavy atom. The zero-order valence-corrected chi connectivity index (χ0v) is 14.3. The number of aromatic nitrogens is 4. The van der Waals surface area contributed by atoms with E-state index in [1.807, 2.05) is 11.5 Å². The number of rotatable bonds is 4. The lowest BCUT2D eigenvalue weighted by Gasteiger charge is -2.34. The van der Waals surface area contributed by atoms with Crippen molar-refractivity contribution in [1.29, 1.82) is 0 Å². The zero-order chi connectivity index (χ0) is 18.0. The quantitative estimate of drug-likeness (QED) is 0.851. The lowest BCUT2D eigenvalue weighted by molar-refractivity contribution is -0.161. The minimum Gasteiger partial charge on any atom is -0.336 e. The number of halogens is 2. The second kappa shape index (κ2) is 6.85. The van der Waals surface area contributed by atoms with E-state index < -0.39 is 17.5 Å². The third kappa shape index (κ3) is 3.25. The van der Waals surface area contributed by atoms with E-state index in [0.29, 0.717) is 25.1 Å². The van der Waals surface area contributed by atoms with Crippen LogP contribution in [0.3, 0.4) is 0 Å². The molecule has 0 spiro atoms. The van der Waals surface area contributed by atoms with Crippen molar-refractivity contribution >= 4 is 5.91 Å². The molecule has 1 aliphatic rings. The van der Waals surface area contributed by atoms with Gasteiger partial charge < -0.3 is 9.47 Å². The Kier molecular flexibility index (Phi) is 4.78. The van der Waals surface area contributed by atoms with Gasteiger partial charge in [0.2, 0.25) is 0 Å². The van der Waals surface area contributed by atoms with Gasteiger partial charge in [-0.25, -0.2) is 0 Å². The van der Waals surface area contributed by atoms with Crippen LogP contribution >= 0.6 is 0 Å². The van der Waals surface area contributed by atoms with E-state index in [1.165, 1.54) is 24.1 Å². The molecule has 0 saturated carbocycles. The molecule has 3 rings (SSSR count). The average Bonchev–Trinajstić information content (AvgIpc) is 3.10. The zero-order valence-electron chi connectivity index (χ0n) is 14.3. The number of nitrogens with zero attached hydrogens (tertiary/aromatic N) is 5. The highest BCUT2D eigenvalue weighted by Gasteiger charge is 2.47. The predicted molar refractivity (Wildman–Crippen MR) is 87.1 cm³/mol. The highest BCUT2D eigenvalue weighted by molar-refractivity contribution is 5.84. The minimum absolute atomic E-state index is 0.0826. The number of amides is 1. The molecule has 3 heterocycles. The maximum Gasteiger partial charge on any atom is 0.366 e. The van der Waals surface area contributed by atoms with Gasteiger partial charge in [0.05, 0.1) is 0 Å². The van der Waals surface area contributed by atoms with Crippen LogP contribution in [0.4, 0.5) is 8.78 Å². The first-order valence-corrected chi connectivity index (χ1v) is 8.42. The maximum absolute atomic E-state index is 14.7. The maximum atomic E-state index is 14.7. The van der Waals surface area contributed by atoms with Crippen LogP contribution in [0.15, 0.2) is 24.7 Å². The lowest BCUT2D eigenvalue weighted by atomic mass is 9.96. The number of aryl methyl sites for hydroxylation is 2. The van der Waals surface area contributed by atoms with Crippen molar-refractivity contribution in [2.75, 3.05) is 13.1 Å². The molecule has 2 aromatic rings. The fraction of sp³-hybridized carbons (Fsp3) is 0.529. The van der Waals surface area contributed by atoms with Crippen LogP contribution in [0.1, 0.15) is 42.8 Å². The van der Waals surface area contributed by atoms with Crippen molar-refractivity contribution in [3.05, 3.63) is 41.7 Å². The Balaban J connectivity index is 1.81. The van der Waals surface area contributed by atoms with Crippen molar-refractivity contribution < 1.29 is 13.6 Å². The normalized spacial score (nSPS) is 18.4. The van der Waals surface area contributed by atoms with Crippen LogP contribution < -0.4 is 0 Å². The summed E-state index contributed by atoms with van der Waals surface area (Å²) in [6, 6.07) is 3.11. The first-order valence-electron chi connectivity index (χ1n) is 8.42. The first kappa shape index (κ1) is 17.4. The number of pyridine rings is 1. The largest absolute Gasteiger partial charge is 0.366 e. The summed E-state index contributed by atoms with van der Waals surface area (Å²) in [7, 11) is 0. The summed E-state index contributed by atoms with van der Waals surface area (Å²) in [5.74, 6) is -4.16. The van der Waals surface area contributed by atoms with Crippen LogP contribution in [0.2, 0.25) is 0 Å². The third-order valence-electron chi connectivity index (χ3n) is 4.64. The Hall–Kier alpha value is -2.38. The van der Waals surface area contributed by atoms with E-state index in [1.54, 1.807) is 12.4 Å². The van der Waals surface area contributed by atoms with Gasteiger partial charge in [-0.1, -0.05) is 6.07 Å².